The zero-order chi connectivity index (χ0) is 6.69. The summed E-state index contributed by atoms with van der Waals surface area (Å²) in [5.41, 5.74) is 5.77. The minimum atomic E-state index is 0.446. The fourth-order valence-electron chi connectivity index (χ4n) is 0.439. The highest BCUT2D eigenvalue weighted by molar-refractivity contribution is 5.65. The Hall–Kier alpha value is -1.65. The lowest BCUT2D eigenvalue weighted by atomic mass is 10.4. The number of nitrogens with two attached hydrogens (primary N) is 1. The van der Waals surface area contributed by atoms with E-state index in [2.05, 4.69) is 22.1 Å². The molecule has 44 valence electrons. The Balaban J connectivity index is 2.89. The Morgan fingerprint density at radius 3 is 3.11 bits per heavy atom. The van der Waals surface area contributed by atoms with Gasteiger partial charge in [0.1, 0.15) is 5.82 Å². The van der Waals surface area contributed by atoms with Gasteiger partial charge in [-0.2, -0.15) is 0 Å². The van der Waals surface area contributed by atoms with E-state index in [9.17, 15) is 0 Å². The molecule has 0 amide bonds. The number of aliphatic imine (C=N–C) groups is 1. The average molecular weight is 119 g/mol. The van der Waals surface area contributed by atoms with Crippen molar-refractivity contribution in [1.29, 1.82) is 0 Å². The monoisotopic (exact) mass is 119 g/mol. The molecule has 0 radical (unpaired) electrons. The van der Waals surface area contributed by atoms with E-state index in [1.807, 2.05) is 0 Å². The molecule has 1 aliphatic heterocycles. The minimum absolute atomic E-state index is 0.446. The van der Waals surface area contributed by atoms with Crippen molar-refractivity contribution < 1.29 is 0 Å². The van der Waals surface area contributed by atoms with Crippen molar-refractivity contribution in [2.24, 2.45) is 10.7 Å². The SMILES string of the molecule is C#CC1=C=NC=C(N)N1. The van der Waals surface area contributed by atoms with Crippen molar-refractivity contribution in [3.05, 3.63) is 17.7 Å². The smallest absolute Gasteiger partial charge is 0.153 e. The number of allylic oxidation sites excluding steroid dienone is 1. The quantitative estimate of drug-likeness (QED) is 0.424. The zero-order valence-electron chi connectivity index (χ0n) is 4.68. The zero-order valence-corrected chi connectivity index (χ0v) is 4.68. The number of terminal acetylenes is 1. The molecule has 3 heteroatoms. The van der Waals surface area contributed by atoms with Gasteiger partial charge in [0.25, 0.3) is 0 Å². The molecule has 0 atom stereocenters. The van der Waals surface area contributed by atoms with Crippen molar-refractivity contribution in [2.45, 2.75) is 0 Å². The second kappa shape index (κ2) is 2.08. The summed E-state index contributed by atoms with van der Waals surface area (Å²) in [7, 11) is 0. The predicted molar refractivity (Wildman–Crippen MR) is 35.2 cm³/mol. The Morgan fingerprint density at radius 1 is 1.89 bits per heavy atom. The molecule has 0 aliphatic carbocycles. The number of nitrogens with zero attached hydrogens (tertiary/aromatic N) is 1. The Kier molecular flexibility index (Phi) is 1.27. The van der Waals surface area contributed by atoms with Gasteiger partial charge in [-0.3, -0.25) is 0 Å². The van der Waals surface area contributed by atoms with E-state index in [0.29, 0.717) is 11.5 Å². The van der Waals surface area contributed by atoms with Crippen LogP contribution in [-0.2, 0) is 0 Å². The van der Waals surface area contributed by atoms with Crippen LogP contribution in [0, 0.1) is 12.3 Å². The van der Waals surface area contributed by atoms with E-state index < -0.39 is 0 Å². The van der Waals surface area contributed by atoms with Gasteiger partial charge in [0.05, 0.1) is 6.20 Å². The largest absolute Gasteiger partial charge is 0.384 e. The molecule has 0 fully saturated rings. The molecule has 0 saturated carbocycles. The van der Waals surface area contributed by atoms with E-state index in [0.717, 1.165) is 0 Å². The van der Waals surface area contributed by atoms with Crippen molar-refractivity contribution in [3.8, 4) is 12.3 Å². The Labute approximate surface area is 53.0 Å². The summed E-state index contributed by atoms with van der Waals surface area (Å²) in [6.45, 7) is 0. The average Bonchev–Trinajstić information content (AvgIpc) is 1.88. The molecule has 0 aromatic heterocycles. The van der Waals surface area contributed by atoms with Crippen LogP contribution in [0.4, 0.5) is 0 Å². The van der Waals surface area contributed by atoms with Gasteiger partial charge in [0.2, 0.25) is 0 Å². The molecule has 3 nitrogen and oxygen atoms in total. The molecule has 9 heavy (non-hydrogen) atoms. The van der Waals surface area contributed by atoms with E-state index in [1.54, 1.807) is 0 Å². The van der Waals surface area contributed by atoms with E-state index in [-0.39, 0.29) is 0 Å². The topological polar surface area (TPSA) is 50.4 Å². The van der Waals surface area contributed by atoms with Gasteiger partial charge in [-0.1, -0.05) is 0 Å². The minimum Gasteiger partial charge on any atom is -0.384 e. The fourth-order valence-corrected chi connectivity index (χ4v) is 0.439. The molecule has 0 aromatic carbocycles. The third kappa shape index (κ3) is 1.12. The summed E-state index contributed by atoms with van der Waals surface area (Å²) in [5, 5.41) is 2.68. The van der Waals surface area contributed by atoms with Crippen LogP contribution in [0.15, 0.2) is 22.7 Å². The van der Waals surface area contributed by atoms with E-state index in [1.165, 1.54) is 6.20 Å². The summed E-state index contributed by atoms with van der Waals surface area (Å²) >= 11 is 0. The molecule has 3 N–H and O–H groups in total. The van der Waals surface area contributed by atoms with Crippen LogP contribution >= 0.6 is 0 Å². The van der Waals surface area contributed by atoms with Gasteiger partial charge in [-0.15, -0.1) is 6.42 Å². The first kappa shape index (κ1) is 5.49. The third-order valence-corrected chi connectivity index (χ3v) is 0.794. The first-order valence-electron chi connectivity index (χ1n) is 2.35. The molecule has 0 saturated heterocycles. The van der Waals surface area contributed by atoms with Gasteiger partial charge < -0.3 is 11.1 Å². The maximum atomic E-state index is 5.30. The van der Waals surface area contributed by atoms with Crippen LogP contribution in [0.3, 0.4) is 0 Å². The lowest BCUT2D eigenvalue weighted by molar-refractivity contribution is 0.979. The first-order chi connectivity index (χ1) is 4.33. The van der Waals surface area contributed by atoms with Crippen molar-refractivity contribution in [2.75, 3.05) is 0 Å². The first-order valence-corrected chi connectivity index (χ1v) is 2.35. The summed E-state index contributed by atoms with van der Waals surface area (Å²) in [4.78, 5) is 3.63. The predicted octanol–water partition coefficient (Wildman–Crippen LogP) is -0.466. The Morgan fingerprint density at radius 2 is 2.67 bits per heavy atom. The summed E-state index contributed by atoms with van der Waals surface area (Å²) < 4.78 is 0. The van der Waals surface area contributed by atoms with Crippen LogP contribution in [0.5, 0.6) is 0 Å². The molecule has 0 unspecified atom stereocenters. The maximum absolute atomic E-state index is 5.30. The van der Waals surface area contributed by atoms with E-state index in [4.69, 9.17) is 12.2 Å². The second-order valence-electron chi connectivity index (χ2n) is 1.47. The summed E-state index contributed by atoms with van der Waals surface area (Å²) in [5.74, 6) is 5.30. The number of hydrogen-bond acceptors (Lipinski definition) is 3. The molecule has 1 aliphatic rings. The highest BCUT2D eigenvalue weighted by atomic mass is 15.0. The van der Waals surface area contributed by atoms with Crippen LogP contribution in [0.1, 0.15) is 0 Å². The fraction of sp³-hybridized carbons (Fsp3) is 0. The van der Waals surface area contributed by atoms with Gasteiger partial charge in [-0.05, 0) is 5.92 Å². The van der Waals surface area contributed by atoms with Crippen LogP contribution in [0.25, 0.3) is 0 Å². The highest BCUT2D eigenvalue weighted by Gasteiger charge is 1.94. The summed E-state index contributed by atoms with van der Waals surface area (Å²) in [6.07, 6.45) is 6.46. The molecule has 0 bridgehead atoms. The van der Waals surface area contributed by atoms with Gasteiger partial charge in [-0.25, -0.2) is 4.99 Å². The standard InChI is InChI=1S/C6H5N3/c1-2-5-3-8-4-6(7)9-5/h1,4,9H,7H2. The van der Waals surface area contributed by atoms with Gasteiger partial charge >= 0.3 is 0 Å². The van der Waals surface area contributed by atoms with Crippen molar-refractivity contribution in [3.63, 3.8) is 0 Å². The maximum Gasteiger partial charge on any atom is 0.153 e. The molecule has 0 aromatic rings. The molecule has 1 heterocycles. The molecular weight excluding hydrogens is 114 g/mol. The van der Waals surface area contributed by atoms with Gasteiger partial charge in [0.15, 0.2) is 5.70 Å². The third-order valence-electron chi connectivity index (χ3n) is 0.794. The lowest BCUT2D eigenvalue weighted by Gasteiger charge is -2.02. The molecule has 1 rings (SSSR count). The molecular formula is C6H5N3. The van der Waals surface area contributed by atoms with Crippen LogP contribution in [-0.4, -0.2) is 5.87 Å². The van der Waals surface area contributed by atoms with E-state index >= 15 is 0 Å². The normalized spacial score (nSPS) is 15.0. The number of rotatable bonds is 0. The van der Waals surface area contributed by atoms with Gasteiger partial charge in [0, 0.05) is 5.87 Å². The highest BCUT2D eigenvalue weighted by Crippen LogP contribution is 1.89. The second-order valence-corrected chi connectivity index (χ2v) is 1.47. The van der Waals surface area contributed by atoms with Crippen LogP contribution in [0.2, 0.25) is 0 Å². The molecule has 0 spiro atoms. The lowest BCUT2D eigenvalue weighted by Crippen LogP contribution is -2.20. The Bertz CT molecular complexity index is 248. The number of hydrogen-bond donors (Lipinski definition) is 2. The van der Waals surface area contributed by atoms with Crippen molar-refractivity contribution in [1.82, 2.24) is 5.32 Å². The summed E-state index contributed by atoms with van der Waals surface area (Å²) in [6, 6.07) is 0. The number of nitrogens with one attached hydrogen (secondary N) is 1. The van der Waals surface area contributed by atoms with Crippen LogP contribution < -0.4 is 11.1 Å². The van der Waals surface area contributed by atoms with Crippen molar-refractivity contribution >= 4 is 5.87 Å².